The van der Waals surface area contributed by atoms with Crippen molar-refractivity contribution < 1.29 is 14.4 Å². The van der Waals surface area contributed by atoms with Crippen LogP contribution in [-0.4, -0.2) is 29.6 Å². The number of fused-ring (bicyclic) bond motifs is 6. The van der Waals surface area contributed by atoms with Gasteiger partial charge in [0.05, 0.1) is 18.0 Å². The predicted molar refractivity (Wildman–Crippen MR) is 127 cm³/mol. The van der Waals surface area contributed by atoms with Crippen LogP contribution >= 0.6 is 0 Å². The van der Waals surface area contributed by atoms with Crippen LogP contribution in [0.15, 0.2) is 84.9 Å². The van der Waals surface area contributed by atoms with Crippen LogP contribution in [0.1, 0.15) is 28.4 Å². The summed E-state index contributed by atoms with van der Waals surface area (Å²) in [5.41, 5.74) is 2.59. The normalized spacial score (nSPS) is 26.5. The van der Waals surface area contributed by atoms with E-state index in [1.54, 1.807) is 12.1 Å². The maximum Gasteiger partial charge on any atom is 0.238 e. The van der Waals surface area contributed by atoms with Gasteiger partial charge < -0.3 is 10.2 Å². The molecule has 3 aromatic carbocycles. The molecule has 1 unspecified atom stereocenters. The number of hydrogen-bond donors (Lipinski definition) is 1. The van der Waals surface area contributed by atoms with Gasteiger partial charge >= 0.3 is 0 Å². The summed E-state index contributed by atoms with van der Waals surface area (Å²) in [5.74, 6) is -1.43. The van der Waals surface area contributed by atoms with Crippen LogP contribution in [0.4, 0.5) is 11.4 Å². The number of nitrogens with zero attached hydrogens (tertiary/aromatic N) is 1. The lowest BCUT2D eigenvalue weighted by atomic mass is 9.64. The number of carbonyl (C=O) groups excluding carboxylic acids is 3. The van der Waals surface area contributed by atoms with Crippen LogP contribution in [0, 0.1) is 5.92 Å². The van der Waals surface area contributed by atoms with Gasteiger partial charge in [0, 0.05) is 16.9 Å². The van der Waals surface area contributed by atoms with Gasteiger partial charge in [0.15, 0.2) is 11.6 Å². The lowest BCUT2D eigenvalue weighted by Gasteiger charge is -2.37. The Bertz CT molecular complexity index is 1350. The Morgan fingerprint density at radius 1 is 0.909 bits per heavy atom. The van der Waals surface area contributed by atoms with Crippen molar-refractivity contribution in [2.24, 2.45) is 5.92 Å². The summed E-state index contributed by atoms with van der Waals surface area (Å²) >= 11 is 0. The summed E-state index contributed by atoms with van der Waals surface area (Å²) in [6.45, 7) is 1.52. The standard InChI is InChI=1S/C28H22N2O3/c1-17(31)25-24(26(32)19-10-3-2-4-11-19)28(20-12-6-7-13-21(20)29-27(28)33)23-16-15-18-9-5-8-14-22(18)30(23)25/h2-16,23-25H,1H3,(H,29,33)/t23?,24-,25-,28+/m0/s1. The Hall–Kier alpha value is -3.99. The first-order valence-corrected chi connectivity index (χ1v) is 11.1. The number of ketones is 2. The molecule has 1 saturated heterocycles. The fourth-order valence-corrected chi connectivity index (χ4v) is 6.05. The van der Waals surface area contributed by atoms with E-state index in [0.29, 0.717) is 11.3 Å². The van der Waals surface area contributed by atoms with Crippen molar-refractivity contribution in [1.29, 1.82) is 0 Å². The van der Waals surface area contributed by atoms with E-state index in [2.05, 4.69) is 5.32 Å². The zero-order valence-corrected chi connectivity index (χ0v) is 18.1. The van der Waals surface area contributed by atoms with E-state index >= 15 is 0 Å². The maximum atomic E-state index is 14.2. The average molecular weight is 434 g/mol. The highest BCUT2D eigenvalue weighted by atomic mass is 16.2. The maximum absolute atomic E-state index is 14.2. The Balaban J connectivity index is 1.67. The van der Waals surface area contributed by atoms with Gasteiger partial charge in [-0.3, -0.25) is 14.4 Å². The monoisotopic (exact) mass is 434 g/mol. The van der Waals surface area contributed by atoms with E-state index in [1.165, 1.54) is 6.92 Å². The summed E-state index contributed by atoms with van der Waals surface area (Å²) < 4.78 is 0. The Labute approximate surface area is 191 Å². The van der Waals surface area contributed by atoms with Gasteiger partial charge in [0.2, 0.25) is 5.91 Å². The van der Waals surface area contributed by atoms with Crippen molar-refractivity contribution >= 4 is 34.9 Å². The van der Waals surface area contributed by atoms with E-state index in [0.717, 1.165) is 16.8 Å². The fraction of sp³-hybridized carbons (Fsp3) is 0.179. The number of benzene rings is 3. The molecule has 3 aromatic rings. The van der Waals surface area contributed by atoms with E-state index in [-0.39, 0.29) is 17.5 Å². The first-order valence-electron chi connectivity index (χ1n) is 11.1. The Morgan fingerprint density at radius 3 is 2.39 bits per heavy atom. The second-order valence-electron chi connectivity index (χ2n) is 8.90. The molecule has 4 atom stereocenters. The van der Waals surface area contributed by atoms with Crippen molar-refractivity contribution in [3.05, 3.63) is 102 Å². The minimum atomic E-state index is -1.22. The van der Waals surface area contributed by atoms with Gasteiger partial charge in [-0.05, 0) is 30.2 Å². The lowest BCUT2D eigenvalue weighted by Crippen LogP contribution is -2.51. The molecular weight excluding hydrogens is 412 g/mol. The van der Waals surface area contributed by atoms with Crippen LogP contribution in [0.3, 0.4) is 0 Å². The van der Waals surface area contributed by atoms with E-state index in [4.69, 9.17) is 0 Å². The van der Waals surface area contributed by atoms with E-state index < -0.39 is 23.4 Å². The zero-order chi connectivity index (χ0) is 22.7. The van der Waals surface area contributed by atoms with Gasteiger partial charge in [0.25, 0.3) is 0 Å². The van der Waals surface area contributed by atoms with Crippen LogP contribution in [0.2, 0.25) is 0 Å². The number of anilines is 2. The molecule has 0 bridgehead atoms. The molecule has 33 heavy (non-hydrogen) atoms. The van der Waals surface area contributed by atoms with Gasteiger partial charge in [-0.25, -0.2) is 0 Å². The first kappa shape index (κ1) is 19.7. The molecule has 1 N–H and O–H groups in total. The van der Waals surface area contributed by atoms with E-state index in [9.17, 15) is 14.4 Å². The van der Waals surface area contributed by atoms with Crippen molar-refractivity contribution in [2.45, 2.75) is 24.4 Å². The number of para-hydroxylation sites is 2. The molecule has 5 nitrogen and oxygen atoms in total. The fourth-order valence-electron chi connectivity index (χ4n) is 6.05. The summed E-state index contributed by atoms with van der Waals surface area (Å²) in [5, 5.41) is 3.02. The smallest absolute Gasteiger partial charge is 0.238 e. The third-order valence-electron chi connectivity index (χ3n) is 7.30. The lowest BCUT2D eigenvalue weighted by molar-refractivity contribution is -0.122. The third kappa shape index (κ3) is 2.50. The molecule has 3 heterocycles. The third-order valence-corrected chi connectivity index (χ3v) is 7.30. The molecule has 162 valence electrons. The molecule has 1 spiro atoms. The van der Waals surface area contributed by atoms with Crippen LogP contribution in [-0.2, 0) is 15.0 Å². The topological polar surface area (TPSA) is 66.5 Å². The van der Waals surface area contributed by atoms with Crippen LogP contribution < -0.4 is 10.2 Å². The second kappa shape index (κ2) is 7.01. The largest absolute Gasteiger partial charge is 0.352 e. The molecule has 6 rings (SSSR count). The number of nitrogens with one attached hydrogen (secondary N) is 1. The molecule has 0 radical (unpaired) electrons. The number of carbonyl (C=O) groups is 3. The van der Waals surface area contributed by atoms with Crippen molar-refractivity contribution in [1.82, 2.24) is 0 Å². The minimum absolute atomic E-state index is 0.131. The molecular formula is C28H22N2O3. The molecule has 3 aliphatic rings. The number of Topliss-reactive ketones (excluding diaryl/α,β-unsaturated/α-hetero) is 2. The van der Waals surface area contributed by atoms with Gasteiger partial charge in [0.1, 0.15) is 5.41 Å². The highest BCUT2D eigenvalue weighted by Crippen LogP contribution is 2.57. The summed E-state index contributed by atoms with van der Waals surface area (Å²) in [7, 11) is 0. The molecule has 1 amide bonds. The average Bonchev–Trinajstić information content (AvgIpc) is 3.32. The van der Waals surface area contributed by atoms with Gasteiger partial charge in [-0.15, -0.1) is 0 Å². The predicted octanol–water partition coefficient (Wildman–Crippen LogP) is 4.25. The SMILES string of the molecule is CC(=O)[C@H]1[C@@H](C(=O)c2ccccc2)[C@]2(C(=O)Nc3ccccc32)C2C=Cc3ccccc3N21. The molecule has 0 saturated carbocycles. The Morgan fingerprint density at radius 2 is 1.61 bits per heavy atom. The molecule has 3 aliphatic heterocycles. The minimum Gasteiger partial charge on any atom is -0.352 e. The second-order valence-corrected chi connectivity index (χ2v) is 8.90. The molecule has 0 aromatic heterocycles. The number of hydrogen-bond acceptors (Lipinski definition) is 4. The van der Waals surface area contributed by atoms with Crippen molar-refractivity contribution in [2.75, 3.05) is 10.2 Å². The zero-order valence-electron chi connectivity index (χ0n) is 18.1. The number of rotatable bonds is 3. The Kier molecular flexibility index (Phi) is 4.18. The van der Waals surface area contributed by atoms with Crippen molar-refractivity contribution in [3.63, 3.8) is 0 Å². The van der Waals surface area contributed by atoms with Crippen molar-refractivity contribution in [3.8, 4) is 0 Å². The van der Waals surface area contributed by atoms with Crippen LogP contribution in [0.25, 0.3) is 6.08 Å². The van der Waals surface area contributed by atoms with E-state index in [1.807, 2.05) is 83.8 Å². The molecule has 5 heteroatoms. The highest BCUT2D eigenvalue weighted by Gasteiger charge is 2.69. The highest BCUT2D eigenvalue weighted by molar-refractivity contribution is 6.16. The summed E-state index contributed by atoms with van der Waals surface area (Å²) in [4.78, 5) is 43.3. The summed E-state index contributed by atoms with van der Waals surface area (Å²) in [6.07, 6.45) is 3.98. The first-order chi connectivity index (χ1) is 16.0. The van der Waals surface area contributed by atoms with Gasteiger partial charge in [-0.2, -0.15) is 0 Å². The quantitative estimate of drug-likeness (QED) is 0.626. The summed E-state index contributed by atoms with van der Waals surface area (Å²) in [6, 6.07) is 23.1. The number of amides is 1. The molecule has 1 fully saturated rings. The molecule has 0 aliphatic carbocycles. The van der Waals surface area contributed by atoms with Crippen LogP contribution in [0.5, 0.6) is 0 Å². The van der Waals surface area contributed by atoms with Gasteiger partial charge in [-0.1, -0.05) is 78.9 Å².